The Morgan fingerprint density at radius 1 is 1.12 bits per heavy atom. The van der Waals surface area contributed by atoms with Crippen molar-refractivity contribution in [1.82, 2.24) is 24.2 Å². The van der Waals surface area contributed by atoms with Crippen LogP contribution in [0.15, 0.2) is 47.5 Å². The van der Waals surface area contributed by atoms with Crippen LogP contribution in [0.25, 0.3) is 5.65 Å². The van der Waals surface area contributed by atoms with E-state index in [0.29, 0.717) is 42.0 Å². The molecule has 7 nitrogen and oxygen atoms in total. The summed E-state index contributed by atoms with van der Waals surface area (Å²) in [5.74, 6) is -0.0166. The molecular formula is C22H22F3N5O2S. The highest BCUT2D eigenvalue weighted by Crippen LogP contribution is 2.49. The lowest BCUT2D eigenvalue weighted by Crippen LogP contribution is -2.31. The van der Waals surface area contributed by atoms with E-state index in [-0.39, 0.29) is 29.5 Å². The van der Waals surface area contributed by atoms with Crippen LogP contribution in [0.1, 0.15) is 40.5 Å². The molecule has 1 saturated carbocycles. The van der Waals surface area contributed by atoms with Gasteiger partial charge >= 0.3 is 6.18 Å². The van der Waals surface area contributed by atoms with E-state index in [1.807, 2.05) is 0 Å². The molecule has 2 aliphatic rings. The van der Waals surface area contributed by atoms with E-state index in [2.05, 4.69) is 14.9 Å². The summed E-state index contributed by atoms with van der Waals surface area (Å²) in [6.07, 6.45) is -1.56. The molecule has 5 rings (SSSR count). The zero-order chi connectivity index (χ0) is 23.3. The van der Waals surface area contributed by atoms with Gasteiger partial charge in [0.25, 0.3) is 5.91 Å². The fraction of sp³-hybridized carbons (Fsp3) is 0.409. The predicted octanol–water partition coefficient (Wildman–Crippen LogP) is 3.26. The Balaban J connectivity index is 1.33. The molecule has 33 heavy (non-hydrogen) atoms. The van der Waals surface area contributed by atoms with E-state index >= 15 is 0 Å². The molecule has 1 saturated heterocycles. The van der Waals surface area contributed by atoms with Crippen molar-refractivity contribution in [3.63, 3.8) is 0 Å². The largest absolute Gasteiger partial charge is 0.593 e. The number of alkyl halides is 3. The van der Waals surface area contributed by atoms with Gasteiger partial charge in [0.05, 0.1) is 23.1 Å². The number of halogens is 3. The lowest BCUT2D eigenvalue weighted by molar-refractivity contribution is -0.138. The van der Waals surface area contributed by atoms with Crippen molar-refractivity contribution in [3.8, 4) is 0 Å². The fourth-order valence-corrected chi connectivity index (χ4v) is 5.85. The maximum absolute atomic E-state index is 13.5. The van der Waals surface area contributed by atoms with Gasteiger partial charge in [0, 0.05) is 26.2 Å². The van der Waals surface area contributed by atoms with Gasteiger partial charge in [0.15, 0.2) is 10.5 Å². The number of nitrogens with zero attached hydrogens (tertiary/aromatic N) is 4. The minimum Gasteiger partial charge on any atom is -0.593 e. The summed E-state index contributed by atoms with van der Waals surface area (Å²) in [7, 11) is 1.57. The van der Waals surface area contributed by atoms with Crippen LogP contribution in [0.3, 0.4) is 0 Å². The Bertz CT molecular complexity index is 1190. The number of aromatic nitrogens is 3. The van der Waals surface area contributed by atoms with Gasteiger partial charge in [-0.2, -0.15) is 13.2 Å². The Hall–Kier alpha value is -2.63. The average Bonchev–Trinajstić information content (AvgIpc) is 3.50. The average molecular weight is 478 g/mol. The number of hydrogen-bond donors (Lipinski definition) is 1. The van der Waals surface area contributed by atoms with Crippen LogP contribution in [-0.2, 0) is 17.5 Å². The molecule has 3 aromatic rings. The molecule has 0 radical (unpaired) electrons. The topological polar surface area (TPSA) is 85.6 Å². The van der Waals surface area contributed by atoms with Gasteiger partial charge in [-0.1, -0.05) is 18.2 Å². The number of likely N-dealkylation sites (tertiary alicyclic amines) is 1. The van der Waals surface area contributed by atoms with Crippen LogP contribution in [0.2, 0.25) is 0 Å². The molecule has 11 heteroatoms. The molecule has 4 atom stereocenters. The molecule has 0 bridgehead atoms. The van der Waals surface area contributed by atoms with E-state index in [4.69, 9.17) is 0 Å². The molecule has 2 fully saturated rings. The second-order valence-corrected chi connectivity index (χ2v) is 9.99. The van der Waals surface area contributed by atoms with Crippen LogP contribution in [-0.4, -0.2) is 50.1 Å². The van der Waals surface area contributed by atoms with E-state index in [1.165, 1.54) is 10.5 Å². The van der Waals surface area contributed by atoms with Crippen LogP contribution < -0.4 is 4.72 Å². The minimum atomic E-state index is -4.37. The third-order valence-electron chi connectivity index (χ3n) is 6.71. The summed E-state index contributed by atoms with van der Waals surface area (Å²) in [6, 6.07) is 9.10. The van der Waals surface area contributed by atoms with Crippen molar-refractivity contribution in [3.05, 3.63) is 59.5 Å². The van der Waals surface area contributed by atoms with Crippen molar-refractivity contribution < 1.29 is 22.5 Å². The maximum Gasteiger partial charge on any atom is 0.416 e. The van der Waals surface area contributed by atoms with E-state index in [9.17, 15) is 22.5 Å². The van der Waals surface area contributed by atoms with Gasteiger partial charge in [-0.15, -0.1) is 14.9 Å². The standard InChI is InChI=1S/C22H22F3N5O2S/c1-26-33(32)16-6-7-19-27-28-20(30(19)12-16)21(31)29-10-14-8-13(9-15(14)11-29)17-4-2-3-5-18(17)22(23,24)25/h2-7,12-15,26H,8-11H2,1H3/t13?,14-,15+,33?. The molecule has 1 aliphatic heterocycles. The minimum absolute atomic E-state index is 0.138. The van der Waals surface area contributed by atoms with E-state index in [0.717, 1.165) is 6.07 Å². The second kappa shape index (κ2) is 8.30. The maximum atomic E-state index is 13.5. The van der Waals surface area contributed by atoms with Crippen molar-refractivity contribution in [2.75, 3.05) is 20.1 Å². The van der Waals surface area contributed by atoms with Crippen LogP contribution in [0.4, 0.5) is 13.2 Å². The number of hydrogen-bond acceptors (Lipinski definition) is 5. The number of fused-ring (bicyclic) bond motifs is 2. The monoisotopic (exact) mass is 477 g/mol. The summed E-state index contributed by atoms with van der Waals surface area (Å²) in [5.41, 5.74) is 0.261. The van der Waals surface area contributed by atoms with Crippen LogP contribution in [0, 0.1) is 11.8 Å². The van der Waals surface area contributed by atoms with Gasteiger partial charge in [-0.3, -0.25) is 9.20 Å². The lowest BCUT2D eigenvalue weighted by atomic mass is 9.91. The molecule has 2 unspecified atom stereocenters. The first-order valence-corrected chi connectivity index (χ1v) is 11.8. The molecule has 1 aromatic carbocycles. The molecule has 174 valence electrons. The zero-order valence-electron chi connectivity index (χ0n) is 17.7. The number of nitrogens with one attached hydrogen (secondary N) is 1. The molecular weight excluding hydrogens is 455 g/mol. The number of pyridine rings is 1. The highest BCUT2D eigenvalue weighted by molar-refractivity contribution is 7.89. The first-order valence-electron chi connectivity index (χ1n) is 10.7. The van der Waals surface area contributed by atoms with E-state index < -0.39 is 23.1 Å². The summed E-state index contributed by atoms with van der Waals surface area (Å²) in [6.45, 7) is 0.955. The zero-order valence-corrected chi connectivity index (χ0v) is 18.6. The first kappa shape index (κ1) is 22.2. The number of amides is 1. The van der Waals surface area contributed by atoms with E-state index in [1.54, 1.807) is 42.4 Å². The Kier molecular flexibility index (Phi) is 5.58. The summed E-state index contributed by atoms with van der Waals surface area (Å²) < 4.78 is 56.6. The molecule has 1 amide bonds. The number of carbonyl (C=O) groups excluding carboxylic acids is 1. The normalized spacial score (nSPS) is 23.8. The summed E-state index contributed by atoms with van der Waals surface area (Å²) in [4.78, 5) is 15.4. The summed E-state index contributed by atoms with van der Waals surface area (Å²) in [5, 5.41) is 8.07. The van der Waals surface area contributed by atoms with Gasteiger partial charge in [0.2, 0.25) is 5.82 Å². The van der Waals surface area contributed by atoms with Gasteiger partial charge in [-0.25, -0.2) is 0 Å². The van der Waals surface area contributed by atoms with Crippen molar-refractivity contribution in [1.29, 1.82) is 0 Å². The number of benzene rings is 1. The fourth-order valence-electron chi connectivity index (χ4n) is 5.22. The van der Waals surface area contributed by atoms with Crippen molar-refractivity contribution in [2.45, 2.75) is 29.8 Å². The van der Waals surface area contributed by atoms with Crippen molar-refractivity contribution >= 4 is 22.9 Å². The molecule has 1 N–H and O–H groups in total. The highest BCUT2D eigenvalue weighted by Gasteiger charge is 2.45. The Morgan fingerprint density at radius 3 is 2.48 bits per heavy atom. The number of carbonyl (C=O) groups is 1. The molecule has 3 heterocycles. The van der Waals surface area contributed by atoms with Gasteiger partial charge in [0.1, 0.15) is 0 Å². The van der Waals surface area contributed by atoms with Gasteiger partial charge < -0.3 is 9.45 Å². The smallest absolute Gasteiger partial charge is 0.416 e. The quantitative estimate of drug-likeness (QED) is 0.583. The van der Waals surface area contributed by atoms with Crippen molar-refractivity contribution in [2.24, 2.45) is 11.8 Å². The first-order chi connectivity index (χ1) is 15.8. The van der Waals surface area contributed by atoms with Crippen LogP contribution >= 0.6 is 0 Å². The third kappa shape index (κ3) is 3.98. The predicted molar refractivity (Wildman–Crippen MR) is 115 cm³/mol. The Morgan fingerprint density at radius 2 is 1.82 bits per heavy atom. The number of rotatable bonds is 4. The lowest BCUT2D eigenvalue weighted by Gasteiger charge is -2.21. The third-order valence-corrected chi connectivity index (χ3v) is 7.75. The Labute approximate surface area is 191 Å². The van der Waals surface area contributed by atoms with Gasteiger partial charge in [-0.05, 0) is 48.3 Å². The SMILES string of the molecule is CN[S+]([O-])c1ccc2nnc(C(=O)N3C[C@H]4CC(c5ccccc5C(F)(F)F)C[C@H]4C3)n2c1. The highest BCUT2D eigenvalue weighted by atomic mass is 32.2. The molecule has 1 aliphatic carbocycles. The second-order valence-electron chi connectivity index (χ2n) is 8.57. The molecule has 2 aromatic heterocycles. The summed E-state index contributed by atoms with van der Waals surface area (Å²) >= 11 is -1.42. The molecule has 0 spiro atoms. The van der Waals surface area contributed by atoms with Crippen LogP contribution in [0.5, 0.6) is 0 Å².